The Morgan fingerprint density at radius 2 is 1.96 bits per heavy atom. The van der Waals surface area contributed by atoms with Crippen LogP contribution in [0, 0.1) is 0 Å². The quantitative estimate of drug-likeness (QED) is 0.866. The molecule has 26 heavy (non-hydrogen) atoms. The van der Waals surface area contributed by atoms with Crippen LogP contribution in [0.1, 0.15) is 36.2 Å². The number of hydrogen-bond acceptors (Lipinski definition) is 4. The summed E-state index contributed by atoms with van der Waals surface area (Å²) < 4.78 is 5.35. The Labute approximate surface area is 156 Å². The molecule has 0 radical (unpaired) electrons. The smallest absolute Gasteiger partial charge is 0.120 e. The van der Waals surface area contributed by atoms with E-state index in [9.17, 15) is 0 Å². The van der Waals surface area contributed by atoms with Gasteiger partial charge < -0.3 is 9.64 Å². The third-order valence-electron chi connectivity index (χ3n) is 5.82. The molecule has 1 aromatic carbocycles. The van der Waals surface area contributed by atoms with Gasteiger partial charge in [0.05, 0.1) is 12.8 Å². The average molecular weight is 354 g/mol. The normalized spacial score (nSPS) is 18.0. The van der Waals surface area contributed by atoms with Gasteiger partial charge in [-0.1, -0.05) is 6.07 Å². The number of methoxy groups -OCH3 is 1. The monoisotopic (exact) mass is 354 g/mol. The highest BCUT2D eigenvalue weighted by molar-refractivity contribution is 5.51. The van der Waals surface area contributed by atoms with Gasteiger partial charge in [-0.05, 0) is 62.8 Å². The largest absolute Gasteiger partial charge is 0.497 e. The number of ether oxygens (including phenoxy) is 1. The highest BCUT2D eigenvalue weighted by Crippen LogP contribution is 2.24. The Hall–Kier alpha value is -2.01. The van der Waals surface area contributed by atoms with E-state index >= 15 is 0 Å². The predicted molar refractivity (Wildman–Crippen MR) is 105 cm³/mol. The molecule has 1 N–H and O–H groups in total. The molecule has 1 aromatic heterocycles. The number of aryl methyl sites for hydroxylation is 2. The Morgan fingerprint density at radius 1 is 1.12 bits per heavy atom. The van der Waals surface area contributed by atoms with Crippen molar-refractivity contribution in [1.29, 1.82) is 0 Å². The summed E-state index contributed by atoms with van der Waals surface area (Å²) >= 11 is 0. The highest BCUT2D eigenvalue weighted by atomic mass is 16.5. The van der Waals surface area contributed by atoms with Crippen LogP contribution in [0.4, 0.5) is 5.69 Å². The Balaban J connectivity index is 1.23. The van der Waals surface area contributed by atoms with Crippen LogP contribution in [0.25, 0.3) is 0 Å². The van der Waals surface area contributed by atoms with E-state index in [1.807, 2.05) is 6.07 Å². The van der Waals surface area contributed by atoms with Gasteiger partial charge >= 0.3 is 0 Å². The molecule has 5 heteroatoms. The van der Waals surface area contributed by atoms with Crippen LogP contribution < -0.4 is 9.64 Å². The van der Waals surface area contributed by atoms with Crippen molar-refractivity contribution in [3.8, 4) is 5.75 Å². The molecule has 1 aliphatic carbocycles. The van der Waals surface area contributed by atoms with Crippen molar-refractivity contribution in [3.63, 3.8) is 0 Å². The second-order valence-electron chi connectivity index (χ2n) is 7.47. The summed E-state index contributed by atoms with van der Waals surface area (Å²) in [6, 6.07) is 8.40. The molecule has 0 atom stereocenters. The lowest BCUT2D eigenvalue weighted by Gasteiger charge is -2.36. The molecule has 4 rings (SSSR count). The molecule has 5 nitrogen and oxygen atoms in total. The maximum Gasteiger partial charge on any atom is 0.120 e. The first-order chi connectivity index (χ1) is 12.8. The fraction of sp³-hybridized carbons (Fsp3) is 0.571. The fourth-order valence-electron chi connectivity index (χ4n) is 4.26. The lowest BCUT2D eigenvalue weighted by atomic mass is 9.94. The molecule has 1 aliphatic heterocycles. The summed E-state index contributed by atoms with van der Waals surface area (Å²) in [5.74, 6) is 0.938. The first-order valence-electron chi connectivity index (χ1n) is 10.00. The van der Waals surface area contributed by atoms with E-state index in [-0.39, 0.29) is 0 Å². The van der Waals surface area contributed by atoms with E-state index in [4.69, 9.17) is 4.74 Å². The van der Waals surface area contributed by atoms with Gasteiger partial charge in [-0.15, -0.1) is 0 Å². The predicted octanol–water partition coefficient (Wildman–Crippen LogP) is 3.05. The zero-order valence-corrected chi connectivity index (χ0v) is 15.8. The van der Waals surface area contributed by atoms with Crippen LogP contribution in [0.15, 0.2) is 24.3 Å². The number of piperazine rings is 1. The van der Waals surface area contributed by atoms with E-state index in [2.05, 4.69) is 38.2 Å². The molecule has 0 bridgehead atoms. The summed E-state index contributed by atoms with van der Waals surface area (Å²) in [4.78, 5) is 5.06. The van der Waals surface area contributed by atoms with Crippen molar-refractivity contribution in [1.82, 2.24) is 15.1 Å². The van der Waals surface area contributed by atoms with Crippen LogP contribution in [0.3, 0.4) is 0 Å². The topological polar surface area (TPSA) is 44.4 Å². The Bertz CT molecular complexity index is 719. The molecule has 0 amide bonds. The van der Waals surface area contributed by atoms with Gasteiger partial charge in [0.1, 0.15) is 5.75 Å². The lowest BCUT2D eigenvalue weighted by Crippen LogP contribution is -2.46. The number of fused-ring (bicyclic) bond motifs is 1. The van der Waals surface area contributed by atoms with Gasteiger partial charge in [-0.2, -0.15) is 5.10 Å². The summed E-state index contributed by atoms with van der Waals surface area (Å²) in [5, 5.41) is 7.83. The zero-order chi connectivity index (χ0) is 17.8. The van der Waals surface area contributed by atoms with E-state index in [0.29, 0.717) is 0 Å². The van der Waals surface area contributed by atoms with Crippen molar-refractivity contribution >= 4 is 5.69 Å². The summed E-state index contributed by atoms with van der Waals surface area (Å²) in [7, 11) is 1.73. The highest BCUT2D eigenvalue weighted by Gasteiger charge is 2.19. The SMILES string of the molecule is COc1cccc(N2CCN(CCCc3[nH]nc4c3CCCC4)CC2)c1. The first-order valence-corrected chi connectivity index (χ1v) is 10.00. The van der Waals surface area contributed by atoms with Crippen LogP contribution in [-0.2, 0) is 19.3 Å². The second kappa shape index (κ2) is 8.12. The van der Waals surface area contributed by atoms with Crippen molar-refractivity contribution in [3.05, 3.63) is 41.2 Å². The van der Waals surface area contributed by atoms with Gasteiger partial charge in [0.25, 0.3) is 0 Å². The van der Waals surface area contributed by atoms with Crippen LogP contribution in [0.5, 0.6) is 5.75 Å². The Morgan fingerprint density at radius 3 is 2.81 bits per heavy atom. The van der Waals surface area contributed by atoms with Crippen LogP contribution in [0.2, 0.25) is 0 Å². The number of aromatic nitrogens is 2. The van der Waals surface area contributed by atoms with Gasteiger partial charge in [-0.3, -0.25) is 10.00 Å². The number of benzene rings is 1. The van der Waals surface area contributed by atoms with Gasteiger partial charge in [-0.25, -0.2) is 0 Å². The molecule has 2 heterocycles. The molecule has 0 saturated carbocycles. The minimum absolute atomic E-state index is 0.938. The molecule has 0 unspecified atom stereocenters. The summed E-state index contributed by atoms with van der Waals surface area (Å²) in [6.07, 6.45) is 7.37. The molecule has 0 spiro atoms. The minimum atomic E-state index is 0.938. The molecule has 2 aliphatic rings. The number of rotatable bonds is 6. The summed E-state index contributed by atoms with van der Waals surface area (Å²) in [5.41, 5.74) is 5.53. The minimum Gasteiger partial charge on any atom is -0.497 e. The zero-order valence-electron chi connectivity index (χ0n) is 15.8. The van der Waals surface area contributed by atoms with Crippen molar-refractivity contribution < 1.29 is 4.74 Å². The number of aromatic amines is 1. The third-order valence-corrected chi connectivity index (χ3v) is 5.82. The van der Waals surface area contributed by atoms with E-state index in [1.165, 1.54) is 54.9 Å². The van der Waals surface area contributed by atoms with Gasteiger partial charge in [0.2, 0.25) is 0 Å². The third kappa shape index (κ3) is 3.88. The lowest BCUT2D eigenvalue weighted by molar-refractivity contribution is 0.254. The average Bonchev–Trinajstić information content (AvgIpc) is 3.12. The van der Waals surface area contributed by atoms with Crippen LogP contribution in [-0.4, -0.2) is 54.9 Å². The van der Waals surface area contributed by atoms with Crippen LogP contribution >= 0.6 is 0 Å². The number of hydrogen-bond donors (Lipinski definition) is 1. The molecule has 1 saturated heterocycles. The first kappa shape index (κ1) is 17.4. The fourth-order valence-corrected chi connectivity index (χ4v) is 4.26. The number of anilines is 1. The molecule has 2 aromatic rings. The van der Waals surface area contributed by atoms with E-state index in [1.54, 1.807) is 7.11 Å². The maximum atomic E-state index is 5.35. The van der Waals surface area contributed by atoms with E-state index < -0.39 is 0 Å². The number of nitrogens with zero attached hydrogens (tertiary/aromatic N) is 3. The maximum absolute atomic E-state index is 5.35. The molecule has 140 valence electrons. The number of H-pyrrole nitrogens is 1. The van der Waals surface area contributed by atoms with Crippen molar-refractivity contribution in [2.75, 3.05) is 44.7 Å². The van der Waals surface area contributed by atoms with Crippen molar-refractivity contribution in [2.24, 2.45) is 0 Å². The van der Waals surface area contributed by atoms with E-state index in [0.717, 1.165) is 44.8 Å². The van der Waals surface area contributed by atoms with Gasteiger partial charge in [0, 0.05) is 43.6 Å². The number of nitrogens with one attached hydrogen (secondary N) is 1. The standard InChI is InChI=1S/C21H30N4O/c1-26-18-7-4-6-17(16-18)25-14-12-24(13-15-25)11-5-10-21-19-8-2-3-9-20(19)22-23-21/h4,6-7,16H,2-3,5,8-15H2,1H3,(H,22,23). The molecular weight excluding hydrogens is 324 g/mol. The molecular formula is C21H30N4O. The summed E-state index contributed by atoms with van der Waals surface area (Å²) in [6.45, 7) is 5.63. The Kier molecular flexibility index (Phi) is 5.44. The second-order valence-corrected chi connectivity index (χ2v) is 7.47. The molecule has 1 fully saturated rings. The van der Waals surface area contributed by atoms with Crippen molar-refractivity contribution in [2.45, 2.75) is 38.5 Å². The van der Waals surface area contributed by atoms with Gasteiger partial charge in [0.15, 0.2) is 0 Å².